The Morgan fingerprint density at radius 1 is 1.33 bits per heavy atom. The van der Waals surface area contributed by atoms with Gasteiger partial charge in [-0.2, -0.15) is 0 Å². The van der Waals surface area contributed by atoms with Gasteiger partial charge < -0.3 is 15.7 Å². The molecule has 3 rings (SSSR count). The molecule has 0 bridgehead atoms. The molecule has 1 aromatic rings. The summed E-state index contributed by atoms with van der Waals surface area (Å²) in [5.74, 6) is -1.95. The second-order valence-electron chi connectivity index (χ2n) is 6.76. The minimum Gasteiger partial charge on any atom is -0.480 e. The first kappa shape index (κ1) is 17.0. The van der Waals surface area contributed by atoms with Crippen LogP contribution in [0.2, 0.25) is 0 Å². The van der Waals surface area contributed by atoms with Crippen molar-refractivity contribution >= 4 is 29.4 Å². The van der Waals surface area contributed by atoms with Crippen LogP contribution in [0.15, 0.2) is 30.3 Å². The van der Waals surface area contributed by atoms with Gasteiger partial charge in [-0.25, -0.2) is 4.79 Å². The number of amides is 1. The van der Waals surface area contributed by atoms with Crippen LogP contribution < -0.4 is 5.73 Å². The molecule has 1 amide bonds. The van der Waals surface area contributed by atoms with E-state index in [2.05, 4.69) is 0 Å². The van der Waals surface area contributed by atoms with E-state index in [1.54, 1.807) is 12.1 Å². The van der Waals surface area contributed by atoms with E-state index in [9.17, 15) is 19.5 Å². The van der Waals surface area contributed by atoms with Crippen molar-refractivity contribution in [1.29, 1.82) is 0 Å². The topological polar surface area (TPSA) is 101 Å². The van der Waals surface area contributed by atoms with Gasteiger partial charge in [0.15, 0.2) is 5.78 Å². The molecule has 128 valence electrons. The van der Waals surface area contributed by atoms with Crippen LogP contribution in [0.25, 0.3) is 0 Å². The quantitative estimate of drug-likeness (QED) is 0.780. The summed E-state index contributed by atoms with van der Waals surface area (Å²) in [6.45, 7) is 3.63. The Balaban J connectivity index is 1.71. The number of carbonyl (C=O) groups excluding carboxylic acids is 2. The highest BCUT2D eigenvalue weighted by Gasteiger charge is 2.63. The number of hydrogen-bond acceptors (Lipinski definition) is 5. The first-order chi connectivity index (χ1) is 11.2. The number of hydrogen-bond donors (Lipinski definition) is 2. The maximum absolute atomic E-state index is 12.4. The van der Waals surface area contributed by atoms with Crippen LogP contribution in [0.1, 0.15) is 31.9 Å². The van der Waals surface area contributed by atoms with Crippen molar-refractivity contribution in [3.63, 3.8) is 0 Å². The molecule has 0 aromatic heterocycles. The molecule has 2 heterocycles. The molecular weight excluding hydrogens is 328 g/mol. The van der Waals surface area contributed by atoms with E-state index in [1.807, 2.05) is 32.0 Å². The van der Waals surface area contributed by atoms with Crippen LogP contribution in [0.3, 0.4) is 0 Å². The summed E-state index contributed by atoms with van der Waals surface area (Å²) in [5.41, 5.74) is 6.72. The lowest BCUT2D eigenvalue weighted by Crippen LogP contribution is -2.63. The summed E-state index contributed by atoms with van der Waals surface area (Å²) in [6, 6.07) is 7.42. The Bertz CT molecular complexity index is 691. The van der Waals surface area contributed by atoms with E-state index in [1.165, 1.54) is 16.7 Å². The van der Waals surface area contributed by atoms with Crippen LogP contribution in [-0.2, 0) is 14.4 Å². The van der Waals surface area contributed by atoms with Crippen molar-refractivity contribution in [3.05, 3.63) is 35.9 Å². The lowest BCUT2D eigenvalue weighted by atomic mass is 9.86. The van der Waals surface area contributed by atoms with Gasteiger partial charge in [-0.3, -0.25) is 9.59 Å². The van der Waals surface area contributed by atoms with Crippen molar-refractivity contribution in [2.45, 2.75) is 42.5 Å². The summed E-state index contributed by atoms with van der Waals surface area (Å²) < 4.78 is -0.578. The molecular formula is C17H20N2O4S. The Labute approximate surface area is 144 Å². The van der Waals surface area contributed by atoms with Gasteiger partial charge in [-0.1, -0.05) is 30.3 Å². The third-order valence-electron chi connectivity index (χ3n) is 4.71. The van der Waals surface area contributed by atoms with Gasteiger partial charge in [-0.15, -0.1) is 11.8 Å². The number of carboxylic acid groups (broad SMARTS) is 1. The number of rotatable bonds is 5. The number of nitrogens with zero attached hydrogens (tertiary/aromatic N) is 1. The van der Waals surface area contributed by atoms with Gasteiger partial charge >= 0.3 is 5.97 Å². The second-order valence-corrected chi connectivity index (χ2v) is 8.53. The monoisotopic (exact) mass is 348 g/mol. The van der Waals surface area contributed by atoms with E-state index < -0.39 is 28.7 Å². The molecule has 0 aliphatic carbocycles. The van der Waals surface area contributed by atoms with E-state index in [0.717, 1.165) is 0 Å². The molecule has 2 saturated heterocycles. The standard InChI is InChI=1S/C17H20N2O4S/c1-17(2)13(16(22)23)19-14(21)10(15(19)24-17)8-11(20)12(18)9-6-4-3-5-7-9/h3-7,10,12-13,15H,8,18H2,1-2H3,(H,22,23)/t10-,12+,13+,15-/m1/s1. The SMILES string of the molecule is CC1(C)S[C@@H]2[C@H](CC(=O)[C@@H](N)c3ccccc3)C(=O)N2[C@H]1C(=O)O. The maximum atomic E-state index is 12.4. The summed E-state index contributed by atoms with van der Waals surface area (Å²) >= 11 is 1.45. The molecule has 0 unspecified atom stereocenters. The van der Waals surface area contributed by atoms with Crippen molar-refractivity contribution in [3.8, 4) is 0 Å². The number of β-lactam (4-membered cyclic amide) rings is 1. The number of carboxylic acids is 1. The fourth-order valence-electron chi connectivity index (χ4n) is 3.47. The molecule has 0 spiro atoms. The Morgan fingerprint density at radius 3 is 2.54 bits per heavy atom. The highest BCUT2D eigenvalue weighted by Crippen LogP contribution is 2.54. The third-order valence-corrected chi connectivity index (χ3v) is 6.34. The van der Waals surface area contributed by atoms with E-state index in [0.29, 0.717) is 5.56 Å². The number of carbonyl (C=O) groups is 3. The van der Waals surface area contributed by atoms with Crippen LogP contribution >= 0.6 is 11.8 Å². The average Bonchev–Trinajstić information content (AvgIpc) is 2.80. The fourth-order valence-corrected chi connectivity index (χ4v) is 5.15. The third kappa shape index (κ3) is 2.61. The molecule has 1 aromatic carbocycles. The van der Waals surface area contributed by atoms with Gasteiger partial charge in [-0.05, 0) is 19.4 Å². The second kappa shape index (κ2) is 5.89. The number of nitrogens with two attached hydrogens (primary N) is 1. The van der Waals surface area contributed by atoms with Gasteiger partial charge in [0.2, 0.25) is 5.91 Å². The number of Topliss-reactive ketones (excluding diaryl/α,β-unsaturated/α-hetero) is 1. The first-order valence-electron chi connectivity index (χ1n) is 7.80. The Hall–Kier alpha value is -1.86. The van der Waals surface area contributed by atoms with Gasteiger partial charge in [0.1, 0.15) is 6.04 Å². The predicted octanol–water partition coefficient (Wildman–Crippen LogP) is 1.41. The van der Waals surface area contributed by atoms with Gasteiger partial charge in [0.25, 0.3) is 0 Å². The van der Waals surface area contributed by atoms with Gasteiger partial charge in [0, 0.05) is 11.2 Å². The summed E-state index contributed by atoms with van der Waals surface area (Å²) in [7, 11) is 0. The average molecular weight is 348 g/mol. The fraction of sp³-hybridized carbons (Fsp3) is 0.471. The highest BCUT2D eigenvalue weighted by molar-refractivity contribution is 8.01. The van der Waals surface area contributed by atoms with Gasteiger partial charge in [0.05, 0.1) is 17.3 Å². The predicted molar refractivity (Wildman–Crippen MR) is 90.2 cm³/mol. The Kier molecular flexibility index (Phi) is 4.17. The number of fused-ring (bicyclic) bond motifs is 1. The number of benzene rings is 1. The molecule has 0 saturated carbocycles. The molecule has 0 radical (unpaired) electrons. The van der Waals surface area contributed by atoms with Crippen molar-refractivity contribution in [2.75, 3.05) is 0 Å². The van der Waals surface area contributed by atoms with Crippen molar-refractivity contribution in [1.82, 2.24) is 4.90 Å². The van der Waals surface area contributed by atoms with Crippen molar-refractivity contribution < 1.29 is 19.5 Å². The normalized spacial score (nSPS) is 28.9. The minimum atomic E-state index is -1.01. The zero-order valence-corrected chi connectivity index (χ0v) is 14.3. The number of ketones is 1. The van der Waals surface area contributed by atoms with Crippen LogP contribution in [0.5, 0.6) is 0 Å². The molecule has 24 heavy (non-hydrogen) atoms. The number of aliphatic carboxylic acids is 1. The molecule has 7 heteroatoms. The zero-order valence-electron chi connectivity index (χ0n) is 13.5. The van der Waals surface area contributed by atoms with E-state index >= 15 is 0 Å². The van der Waals surface area contributed by atoms with Crippen LogP contribution in [-0.4, -0.2) is 43.8 Å². The molecule has 2 aliphatic heterocycles. The van der Waals surface area contributed by atoms with Crippen LogP contribution in [0.4, 0.5) is 0 Å². The lowest BCUT2D eigenvalue weighted by molar-refractivity contribution is -0.164. The maximum Gasteiger partial charge on any atom is 0.327 e. The zero-order chi connectivity index (χ0) is 17.6. The van der Waals surface area contributed by atoms with E-state index in [4.69, 9.17) is 5.73 Å². The molecule has 2 aliphatic rings. The molecule has 4 atom stereocenters. The summed E-state index contributed by atoms with van der Waals surface area (Å²) in [4.78, 5) is 37.7. The highest BCUT2D eigenvalue weighted by atomic mass is 32.2. The molecule has 3 N–H and O–H groups in total. The largest absolute Gasteiger partial charge is 0.480 e. The van der Waals surface area contributed by atoms with E-state index in [-0.39, 0.29) is 23.5 Å². The van der Waals surface area contributed by atoms with Crippen molar-refractivity contribution in [2.24, 2.45) is 11.7 Å². The summed E-state index contributed by atoms with van der Waals surface area (Å²) in [5, 5.41) is 9.14. The minimum absolute atomic E-state index is 0.0471. The first-order valence-corrected chi connectivity index (χ1v) is 8.68. The molecule has 6 nitrogen and oxygen atoms in total. The Morgan fingerprint density at radius 2 is 1.96 bits per heavy atom. The number of thioether (sulfide) groups is 1. The summed E-state index contributed by atoms with van der Waals surface area (Å²) in [6.07, 6.45) is 0.0471. The molecule has 2 fully saturated rings. The smallest absolute Gasteiger partial charge is 0.327 e. The lowest BCUT2D eigenvalue weighted by Gasteiger charge is -2.43. The van der Waals surface area contributed by atoms with Crippen LogP contribution in [0, 0.1) is 5.92 Å².